The number of carbonyl (C=O) groups is 1. The van der Waals surface area contributed by atoms with Crippen molar-refractivity contribution in [3.8, 4) is 5.75 Å². The molecule has 1 amide bonds. The minimum atomic E-state index is -0.0254. The van der Waals surface area contributed by atoms with E-state index in [1.165, 1.54) is 11.3 Å². The van der Waals surface area contributed by atoms with Crippen LogP contribution in [0, 0.1) is 0 Å². The number of nitrogens with one attached hydrogen (secondary N) is 1. The van der Waals surface area contributed by atoms with E-state index in [9.17, 15) is 4.79 Å². The normalized spacial score (nSPS) is 12.5. The van der Waals surface area contributed by atoms with Gasteiger partial charge in [0.2, 0.25) is 5.91 Å². The Morgan fingerprint density at radius 2 is 1.86 bits per heavy atom. The molecule has 0 aliphatic carbocycles. The number of fused-ring (bicyclic) bond motifs is 1. The number of rotatable bonds is 6. The number of carbonyl (C=O) groups excluding carboxylic acids is 1. The number of methoxy groups -OCH3 is 1. The summed E-state index contributed by atoms with van der Waals surface area (Å²) in [4.78, 5) is 15.0. The van der Waals surface area contributed by atoms with Crippen LogP contribution in [0.2, 0.25) is 0 Å². The summed E-state index contributed by atoms with van der Waals surface area (Å²) in [5.41, 5.74) is 5.61. The number of hydrogen-bond acceptors (Lipinski definition) is 3. The summed E-state index contributed by atoms with van der Waals surface area (Å²) in [5, 5.41) is 3.09. The molecule has 1 aliphatic rings. The Morgan fingerprint density at radius 1 is 1.04 bits per heavy atom. The molecule has 1 heterocycles. The minimum absolute atomic E-state index is 0.0254. The molecule has 0 bridgehead atoms. The summed E-state index contributed by atoms with van der Waals surface area (Å²) in [7, 11) is 1.63. The molecule has 0 spiro atoms. The lowest BCUT2D eigenvalue weighted by Crippen LogP contribution is -2.22. The van der Waals surface area contributed by atoms with E-state index < -0.39 is 0 Å². The fraction of sp³-hybridized carbons (Fsp3) is 0.208. The van der Waals surface area contributed by atoms with Crippen molar-refractivity contribution in [2.75, 3.05) is 23.9 Å². The number of benzene rings is 3. The highest BCUT2D eigenvalue weighted by Crippen LogP contribution is 2.30. The van der Waals surface area contributed by atoms with E-state index in [0.29, 0.717) is 6.42 Å². The van der Waals surface area contributed by atoms with Gasteiger partial charge in [0.1, 0.15) is 5.75 Å². The van der Waals surface area contributed by atoms with Gasteiger partial charge in [0.05, 0.1) is 13.5 Å². The third-order valence-corrected chi connectivity index (χ3v) is 5.13. The van der Waals surface area contributed by atoms with Crippen LogP contribution in [-0.2, 0) is 24.2 Å². The Morgan fingerprint density at radius 3 is 2.75 bits per heavy atom. The van der Waals surface area contributed by atoms with Gasteiger partial charge in [-0.3, -0.25) is 4.79 Å². The van der Waals surface area contributed by atoms with Crippen molar-refractivity contribution in [2.45, 2.75) is 19.4 Å². The molecule has 1 aliphatic heterocycles. The van der Waals surface area contributed by atoms with Crippen molar-refractivity contribution in [3.63, 3.8) is 0 Å². The number of amides is 1. The highest BCUT2D eigenvalue weighted by Gasteiger charge is 2.19. The van der Waals surface area contributed by atoms with Crippen LogP contribution < -0.4 is 15.0 Å². The second-order valence-electron chi connectivity index (χ2n) is 7.03. The summed E-state index contributed by atoms with van der Waals surface area (Å²) >= 11 is 0. The molecule has 0 aromatic heterocycles. The number of nitrogens with zero attached hydrogens (tertiary/aromatic N) is 1. The SMILES string of the molecule is COc1cccc(CC(=O)Nc2ccccc2CN2CCc3ccccc32)c1. The Hall–Kier alpha value is -3.27. The molecule has 0 atom stereocenters. The van der Waals surface area contributed by atoms with Crippen LogP contribution in [-0.4, -0.2) is 19.6 Å². The summed E-state index contributed by atoms with van der Waals surface area (Å²) in [5.74, 6) is 0.737. The van der Waals surface area contributed by atoms with E-state index in [1.54, 1.807) is 7.11 Å². The number of para-hydroxylation sites is 2. The zero-order valence-electron chi connectivity index (χ0n) is 16.0. The molecule has 3 aromatic carbocycles. The third kappa shape index (κ3) is 4.01. The summed E-state index contributed by atoms with van der Waals surface area (Å²) in [6.45, 7) is 1.79. The molecule has 28 heavy (non-hydrogen) atoms. The van der Waals surface area contributed by atoms with Crippen LogP contribution >= 0.6 is 0 Å². The Bertz CT molecular complexity index is 984. The Labute approximate surface area is 165 Å². The van der Waals surface area contributed by atoms with Crippen LogP contribution in [0.3, 0.4) is 0 Å². The zero-order chi connectivity index (χ0) is 19.3. The average molecular weight is 372 g/mol. The topological polar surface area (TPSA) is 41.6 Å². The minimum Gasteiger partial charge on any atom is -0.497 e. The maximum atomic E-state index is 12.6. The van der Waals surface area contributed by atoms with Gasteiger partial charge < -0.3 is 15.0 Å². The molecule has 4 nitrogen and oxygen atoms in total. The van der Waals surface area contributed by atoms with Gasteiger partial charge in [0.25, 0.3) is 0 Å². The molecule has 4 rings (SSSR count). The lowest BCUT2D eigenvalue weighted by atomic mass is 10.1. The summed E-state index contributed by atoms with van der Waals surface area (Å²) in [6, 6.07) is 24.2. The van der Waals surface area contributed by atoms with E-state index in [2.05, 4.69) is 40.5 Å². The number of anilines is 2. The van der Waals surface area contributed by atoms with Gasteiger partial charge in [-0.25, -0.2) is 0 Å². The van der Waals surface area contributed by atoms with Crippen LogP contribution in [0.15, 0.2) is 72.8 Å². The first-order valence-electron chi connectivity index (χ1n) is 9.56. The average Bonchev–Trinajstić information content (AvgIpc) is 3.12. The standard InChI is InChI=1S/C24H24N2O2/c1-28-21-10-6-7-18(15-21)16-24(27)25-22-11-4-2-9-20(22)17-26-14-13-19-8-3-5-12-23(19)26/h2-12,15H,13-14,16-17H2,1H3,(H,25,27). The van der Waals surface area contributed by atoms with Crippen LogP contribution in [0.5, 0.6) is 5.75 Å². The van der Waals surface area contributed by atoms with E-state index in [4.69, 9.17) is 4.74 Å². The van der Waals surface area contributed by atoms with Crippen molar-refractivity contribution >= 4 is 17.3 Å². The summed E-state index contributed by atoms with van der Waals surface area (Å²) in [6.07, 6.45) is 1.39. The molecule has 4 heteroatoms. The van der Waals surface area contributed by atoms with Crippen LogP contribution in [0.4, 0.5) is 11.4 Å². The molecule has 0 radical (unpaired) electrons. The lowest BCUT2D eigenvalue weighted by molar-refractivity contribution is -0.115. The van der Waals surface area contributed by atoms with Gasteiger partial charge in [-0.05, 0) is 47.4 Å². The van der Waals surface area contributed by atoms with E-state index in [-0.39, 0.29) is 5.91 Å². The lowest BCUT2D eigenvalue weighted by Gasteiger charge is -2.21. The second-order valence-corrected chi connectivity index (χ2v) is 7.03. The van der Waals surface area contributed by atoms with Crippen molar-refractivity contribution in [1.29, 1.82) is 0 Å². The van der Waals surface area contributed by atoms with E-state index in [0.717, 1.165) is 42.1 Å². The third-order valence-electron chi connectivity index (χ3n) is 5.13. The first-order valence-corrected chi connectivity index (χ1v) is 9.56. The van der Waals surface area contributed by atoms with Gasteiger partial charge in [0, 0.05) is 24.5 Å². The van der Waals surface area contributed by atoms with Crippen molar-refractivity contribution < 1.29 is 9.53 Å². The number of hydrogen-bond donors (Lipinski definition) is 1. The first-order chi connectivity index (χ1) is 13.7. The molecule has 142 valence electrons. The maximum absolute atomic E-state index is 12.6. The zero-order valence-corrected chi connectivity index (χ0v) is 16.0. The molecule has 1 N–H and O–H groups in total. The predicted molar refractivity (Wildman–Crippen MR) is 113 cm³/mol. The van der Waals surface area contributed by atoms with Gasteiger partial charge in [0.15, 0.2) is 0 Å². The smallest absolute Gasteiger partial charge is 0.228 e. The molecule has 3 aromatic rings. The summed E-state index contributed by atoms with van der Waals surface area (Å²) < 4.78 is 5.24. The maximum Gasteiger partial charge on any atom is 0.228 e. The fourth-order valence-corrected chi connectivity index (χ4v) is 3.72. The number of ether oxygens (including phenoxy) is 1. The van der Waals surface area contributed by atoms with E-state index >= 15 is 0 Å². The largest absolute Gasteiger partial charge is 0.497 e. The molecular weight excluding hydrogens is 348 g/mol. The molecule has 0 saturated carbocycles. The van der Waals surface area contributed by atoms with Crippen molar-refractivity contribution in [1.82, 2.24) is 0 Å². The van der Waals surface area contributed by atoms with Gasteiger partial charge >= 0.3 is 0 Å². The van der Waals surface area contributed by atoms with E-state index in [1.807, 2.05) is 42.5 Å². The van der Waals surface area contributed by atoms with Gasteiger partial charge in [-0.1, -0.05) is 48.5 Å². The fourth-order valence-electron chi connectivity index (χ4n) is 3.72. The van der Waals surface area contributed by atoms with Crippen molar-refractivity contribution in [2.24, 2.45) is 0 Å². The van der Waals surface area contributed by atoms with Crippen LogP contribution in [0.25, 0.3) is 0 Å². The van der Waals surface area contributed by atoms with Gasteiger partial charge in [-0.15, -0.1) is 0 Å². The predicted octanol–water partition coefficient (Wildman–Crippen LogP) is 4.44. The van der Waals surface area contributed by atoms with Crippen molar-refractivity contribution in [3.05, 3.63) is 89.5 Å². The molecule has 0 fully saturated rings. The molecule has 0 saturated heterocycles. The highest BCUT2D eigenvalue weighted by molar-refractivity contribution is 5.93. The molecule has 0 unspecified atom stereocenters. The highest BCUT2D eigenvalue weighted by atomic mass is 16.5. The quantitative estimate of drug-likeness (QED) is 0.696. The Kier molecular flexibility index (Phi) is 5.29. The second kappa shape index (κ2) is 8.17. The van der Waals surface area contributed by atoms with Gasteiger partial charge in [-0.2, -0.15) is 0 Å². The molecular formula is C24H24N2O2. The first kappa shape index (κ1) is 18.1. The monoisotopic (exact) mass is 372 g/mol. The Balaban J connectivity index is 1.46. The van der Waals surface area contributed by atoms with Crippen LogP contribution in [0.1, 0.15) is 16.7 Å².